The normalized spacial score (nSPS) is 20.5. The molecule has 2 N–H and O–H groups in total. The fraction of sp³-hybridized carbons (Fsp3) is 0.321. The number of primary amides is 1. The average molecular weight is 508 g/mol. The highest BCUT2D eigenvalue weighted by atomic mass is 79.9. The zero-order chi connectivity index (χ0) is 23.3. The van der Waals surface area contributed by atoms with Crippen LogP contribution in [0.4, 0.5) is 0 Å². The molecule has 4 nitrogen and oxygen atoms in total. The van der Waals surface area contributed by atoms with Gasteiger partial charge in [-0.3, -0.25) is 4.79 Å². The monoisotopic (exact) mass is 507 g/mol. The molecule has 1 amide bonds. The maximum atomic E-state index is 13.3. The molecule has 3 aromatic carbocycles. The van der Waals surface area contributed by atoms with Crippen LogP contribution in [0, 0.1) is 5.92 Å². The summed E-state index contributed by atoms with van der Waals surface area (Å²) in [5.74, 6) is 0.741. The second-order valence-electron chi connectivity index (χ2n) is 9.27. The van der Waals surface area contributed by atoms with Crippen LogP contribution in [0.5, 0.6) is 5.75 Å². The zero-order valence-corrected chi connectivity index (χ0v) is 20.7. The molecule has 2 atom stereocenters. The molecule has 0 saturated carbocycles. The lowest BCUT2D eigenvalue weighted by molar-refractivity contribution is -0.899. The Bertz CT molecular complexity index is 1030. The van der Waals surface area contributed by atoms with Crippen LogP contribution in [0.15, 0.2) is 89.4 Å². The largest absolute Gasteiger partial charge is 0.492 e. The lowest BCUT2D eigenvalue weighted by atomic mass is 9.64. The van der Waals surface area contributed by atoms with E-state index in [-0.39, 0.29) is 11.8 Å². The van der Waals surface area contributed by atoms with Crippen molar-refractivity contribution < 1.29 is 14.0 Å². The summed E-state index contributed by atoms with van der Waals surface area (Å²) in [5, 5.41) is 0. The predicted octanol–water partition coefficient (Wildman–Crippen LogP) is 5.16. The Kier molecular flexibility index (Phi) is 7.20. The van der Waals surface area contributed by atoms with E-state index < -0.39 is 5.41 Å². The number of carbonyl (C=O) groups is 1. The Balaban J connectivity index is 1.53. The van der Waals surface area contributed by atoms with Gasteiger partial charge in [-0.1, -0.05) is 72.8 Å². The summed E-state index contributed by atoms with van der Waals surface area (Å²) in [6.45, 7) is 3.59. The minimum Gasteiger partial charge on any atom is -0.492 e. The van der Waals surface area contributed by atoms with Gasteiger partial charge in [-0.15, -0.1) is 0 Å². The van der Waals surface area contributed by atoms with Crippen molar-refractivity contribution in [1.82, 2.24) is 0 Å². The number of halogens is 1. The van der Waals surface area contributed by atoms with Gasteiger partial charge in [0.15, 0.2) is 0 Å². The molecule has 3 aromatic rings. The maximum Gasteiger partial charge on any atom is 0.233 e. The minimum absolute atomic E-state index is 0.133. The van der Waals surface area contributed by atoms with Crippen LogP contribution in [0.3, 0.4) is 0 Å². The number of nitrogens with zero attached hydrogens (tertiary/aromatic N) is 1. The Morgan fingerprint density at radius 2 is 1.58 bits per heavy atom. The number of rotatable bonds is 9. The summed E-state index contributed by atoms with van der Waals surface area (Å²) in [7, 11) is 2.29. The van der Waals surface area contributed by atoms with Crippen molar-refractivity contribution in [2.45, 2.75) is 18.3 Å². The molecule has 0 spiro atoms. The molecule has 4 rings (SSSR count). The predicted molar refractivity (Wildman–Crippen MR) is 136 cm³/mol. The standard InChI is InChI=1S/C28H31BrN2O2/c1-31(18-10-20-33-26-16-9-8-15-25(26)29)19-17-24(21-31)28(27(30)32,22-11-4-2-5-12-22)23-13-6-3-7-14-23/h2-9,11-16,24H,10,17-21H2,1H3,(H-,30,32)/p+1/t24?,31-/m1/s1. The summed E-state index contributed by atoms with van der Waals surface area (Å²) in [4.78, 5) is 13.3. The number of amides is 1. The smallest absolute Gasteiger partial charge is 0.233 e. The number of para-hydroxylation sites is 1. The molecule has 172 valence electrons. The molecule has 1 fully saturated rings. The molecule has 0 bridgehead atoms. The fourth-order valence-electron chi connectivity index (χ4n) is 5.45. The summed E-state index contributed by atoms with van der Waals surface area (Å²) in [5.41, 5.74) is 7.38. The van der Waals surface area contributed by atoms with E-state index >= 15 is 0 Å². The highest BCUT2D eigenvalue weighted by Crippen LogP contribution is 2.45. The van der Waals surface area contributed by atoms with E-state index in [1.165, 1.54) is 0 Å². The first-order valence-corrected chi connectivity index (χ1v) is 12.4. The first kappa shape index (κ1) is 23.5. The summed E-state index contributed by atoms with van der Waals surface area (Å²) < 4.78 is 7.87. The van der Waals surface area contributed by atoms with Crippen molar-refractivity contribution in [3.05, 3.63) is 101 Å². The molecule has 1 unspecified atom stereocenters. The zero-order valence-electron chi connectivity index (χ0n) is 19.1. The SMILES string of the molecule is C[N@@+]1(CCCOc2ccccc2Br)CCC(C(C(N)=O)(c2ccccc2)c2ccccc2)C1. The van der Waals surface area contributed by atoms with E-state index in [9.17, 15) is 4.79 Å². The third kappa shape index (κ3) is 4.85. The topological polar surface area (TPSA) is 52.3 Å². The molecule has 1 heterocycles. The number of likely N-dealkylation sites (tertiary alicyclic amines) is 1. The number of hydrogen-bond donors (Lipinski definition) is 1. The Hall–Kier alpha value is -2.63. The van der Waals surface area contributed by atoms with Crippen molar-refractivity contribution in [2.24, 2.45) is 11.7 Å². The van der Waals surface area contributed by atoms with Gasteiger partial charge < -0.3 is 15.0 Å². The summed E-state index contributed by atoms with van der Waals surface area (Å²) in [6, 6.07) is 28.1. The summed E-state index contributed by atoms with van der Waals surface area (Å²) >= 11 is 3.54. The molecule has 0 aromatic heterocycles. The van der Waals surface area contributed by atoms with E-state index in [0.29, 0.717) is 6.61 Å². The highest BCUT2D eigenvalue weighted by Gasteiger charge is 2.53. The molecule has 1 aliphatic heterocycles. The molecule has 1 aliphatic rings. The van der Waals surface area contributed by atoms with Crippen LogP contribution < -0.4 is 10.5 Å². The van der Waals surface area contributed by atoms with E-state index in [4.69, 9.17) is 10.5 Å². The van der Waals surface area contributed by atoms with Gasteiger partial charge in [-0.05, 0) is 39.2 Å². The van der Waals surface area contributed by atoms with Gasteiger partial charge in [-0.2, -0.15) is 0 Å². The Labute approximate surface area is 205 Å². The third-order valence-corrected chi connectivity index (χ3v) is 7.73. The molecule has 0 aliphatic carbocycles. The third-order valence-electron chi connectivity index (χ3n) is 7.07. The van der Waals surface area contributed by atoms with Gasteiger partial charge in [0.25, 0.3) is 0 Å². The second-order valence-corrected chi connectivity index (χ2v) is 10.1. The van der Waals surface area contributed by atoms with Gasteiger partial charge >= 0.3 is 0 Å². The number of benzene rings is 3. The van der Waals surface area contributed by atoms with Crippen molar-refractivity contribution in [3.8, 4) is 5.75 Å². The molecular formula is C28H32BrN2O2+. The molecular weight excluding hydrogens is 476 g/mol. The van der Waals surface area contributed by atoms with Gasteiger partial charge in [0, 0.05) is 18.8 Å². The van der Waals surface area contributed by atoms with Gasteiger partial charge in [-0.25, -0.2) is 0 Å². The van der Waals surface area contributed by atoms with Gasteiger partial charge in [0.05, 0.1) is 37.8 Å². The van der Waals surface area contributed by atoms with Crippen LogP contribution in [0.25, 0.3) is 0 Å². The van der Waals surface area contributed by atoms with E-state index in [1.807, 2.05) is 84.9 Å². The Morgan fingerprint density at radius 3 is 2.15 bits per heavy atom. The number of carbonyl (C=O) groups excluding carboxylic acids is 1. The number of ether oxygens (including phenoxy) is 1. The van der Waals surface area contributed by atoms with Crippen LogP contribution >= 0.6 is 15.9 Å². The van der Waals surface area contributed by atoms with E-state index in [1.54, 1.807) is 0 Å². The van der Waals surface area contributed by atoms with Crippen molar-refractivity contribution >= 4 is 21.8 Å². The van der Waals surface area contributed by atoms with Gasteiger partial charge in [0.2, 0.25) is 5.91 Å². The van der Waals surface area contributed by atoms with Crippen molar-refractivity contribution in [2.75, 3.05) is 33.3 Å². The lowest BCUT2D eigenvalue weighted by Gasteiger charge is -2.38. The van der Waals surface area contributed by atoms with Crippen LogP contribution in [-0.4, -0.2) is 43.7 Å². The average Bonchev–Trinajstić information content (AvgIpc) is 3.22. The first-order valence-electron chi connectivity index (χ1n) is 11.6. The number of nitrogens with two attached hydrogens (primary N) is 1. The first-order chi connectivity index (χ1) is 16.0. The Morgan fingerprint density at radius 1 is 1.00 bits per heavy atom. The minimum atomic E-state index is -0.829. The quantitative estimate of drug-likeness (QED) is 0.321. The number of hydrogen-bond acceptors (Lipinski definition) is 2. The van der Waals surface area contributed by atoms with Crippen LogP contribution in [0.2, 0.25) is 0 Å². The summed E-state index contributed by atoms with van der Waals surface area (Å²) in [6.07, 6.45) is 1.90. The molecule has 33 heavy (non-hydrogen) atoms. The van der Waals surface area contributed by atoms with Crippen molar-refractivity contribution in [3.63, 3.8) is 0 Å². The number of quaternary nitrogens is 1. The van der Waals surface area contributed by atoms with E-state index in [0.717, 1.165) is 58.3 Å². The van der Waals surface area contributed by atoms with Gasteiger partial charge in [0.1, 0.15) is 11.2 Å². The van der Waals surface area contributed by atoms with Crippen LogP contribution in [0.1, 0.15) is 24.0 Å². The van der Waals surface area contributed by atoms with Crippen molar-refractivity contribution in [1.29, 1.82) is 0 Å². The molecule has 0 radical (unpaired) electrons. The maximum absolute atomic E-state index is 13.3. The fourth-order valence-corrected chi connectivity index (χ4v) is 5.85. The molecule has 5 heteroatoms. The molecule has 1 saturated heterocycles. The van der Waals surface area contributed by atoms with Crippen LogP contribution in [-0.2, 0) is 10.2 Å². The highest BCUT2D eigenvalue weighted by molar-refractivity contribution is 9.10. The van der Waals surface area contributed by atoms with E-state index in [2.05, 4.69) is 23.0 Å². The second kappa shape index (κ2) is 10.1. The lowest BCUT2D eigenvalue weighted by Crippen LogP contribution is -2.51.